The van der Waals surface area contributed by atoms with Gasteiger partial charge in [-0.1, -0.05) is 42.5 Å². The Morgan fingerprint density at radius 2 is 1.53 bits per heavy atom. The fraction of sp³-hybridized carbons (Fsp3) is 0.174. The second-order valence-corrected chi connectivity index (χ2v) is 6.78. The number of amides is 2. The van der Waals surface area contributed by atoms with Crippen LogP contribution in [0.2, 0.25) is 0 Å². The minimum Gasteiger partial charge on any atom is -0.355 e. The van der Waals surface area contributed by atoms with Crippen LogP contribution in [0.25, 0.3) is 0 Å². The lowest BCUT2D eigenvalue weighted by molar-refractivity contribution is 0.0949. The van der Waals surface area contributed by atoms with Crippen molar-refractivity contribution in [1.29, 1.82) is 0 Å². The fourth-order valence-corrected chi connectivity index (χ4v) is 3.00. The number of rotatable bonds is 7. The molecule has 0 atom stereocenters. The molecule has 0 radical (unpaired) electrons. The van der Waals surface area contributed by atoms with E-state index in [1.807, 2.05) is 30.3 Å². The van der Waals surface area contributed by atoms with Crippen molar-refractivity contribution >= 4 is 11.8 Å². The van der Waals surface area contributed by atoms with Gasteiger partial charge in [0, 0.05) is 32.5 Å². The molecule has 2 amide bonds. The summed E-state index contributed by atoms with van der Waals surface area (Å²) in [5.41, 5.74) is 0.935. The first-order chi connectivity index (χ1) is 14.5. The number of nitrogens with one attached hydrogen (secondary N) is 2. The van der Waals surface area contributed by atoms with E-state index >= 15 is 0 Å². The van der Waals surface area contributed by atoms with Gasteiger partial charge in [-0.15, -0.1) is 0 Å². The van der Waals surface area contributed by atoms with Crippen LogP contribution in [0.5, 0.6) is 0 Å². The van der Waals surface area contributed by atoms with Gasteiger partial charge in [-0.05, 0) is 29.7 Å². The summed E-state index contributed by atoms with van der Waals surface area (Å²) in [5.74, 6) is -1.52. The van der Waals surface area contributed by atoms with Crippen LogP contribution in [0.1, 0.15) is 31.8 Å². The van der Waals surface area contributed by atoms with E-state index in [0.717, 1.165) is 5.56 Å². The minimum absolute atomic E-state index is 0.0972. The molecule has 0 aliphatic rings. The first kappa shape index (κ1) is 21.0. The van der Waals surface area contributed by atoms with Gasteiger partial charge in [-0.2, -0.15) is 0 Å². The third-order valence-electron chi connectivity index (χ3n) is 4.66. The third-order valence-corrected chi connectivity index (χ3v) is 4.66. The lowest BCUT2D eigenvalue weighted by Gasteiger charge is -2.12. The van der Waals surface area contributed by atoms with Crippen LogP contribution in [-0.4, -0.2) is 23.4 Å². The van der Waals surface area contributed by atoms with Crippen molar-refractivity contribution in [1.82, 2.24) is 15.2 Å². The molecule has 3 aromatic rings. The lowest BCUT2D eigenvalue weighted by Crippen LogP contribution is -2.34. The van der Waals surface area contributed by atoms with Crippen molar-refractivity contribution in [3.8, 4) is 0 Å². The van der Waals surface area contributed by atoms with Gasteiger partial charge in [0.2, 0.25) is 5.43 Å². The summed E-state index contributed by atoms with van der Waals surface area (Å²) in [6.45, 7) is 0.624. The molecule has 154 valence electrons. The van der Waals surface area contributed by atoms with Gasteiger partial charge in [0.05, 0.1) is 0 Å². The zero-order chi connectivity index (χ0) is 21.5. The number of halogens is 1. The molecule has 0 saturated carbocycles. The average Bonchev–Trinajstić information content (AvgIpc) is 2.78. The van der Waals surface area contributed by atoms with E-state index in [2.05, 4.69) is 10.6 Å². The molecule has 1 aromatic heterocycles. The number of hydrogen-bond acceptors (Lipinski definition) is 3. The lowest BCUT2D eigenvalue weighted by atomic mass is 10.1. The predicted octanol–water partition coefficient (Wildman–Crippen LogP) is 2.52. The van der Waals surface area contributed by atoms with Crippen molar-refractivity contribution in [2.75, 3.05) is 7.05 Å². The van der Waals surface area contributed by atoms with Crippen LogP contribution in [0, 0.1) is 5.82 Å². The van der Waals surface area contributed by atoms with E-state index in [-0.39, 0.29) is 23.5 Å². The number of hydrogen-bond donors (Lipinski definition) is 2. The highest BCUT2D eigenvalue weighted by Gasteiger charge is 2.18. The van der Waals surface area contributed by atoms with Crippen LogP contribution in [-0.2, 0) is 19.5 Å². The number of carbonyl (C=O) groups excluding carboxylic acids is 2. The molecule has 2 aromatic carbocycles. The quantitative estimate of drug-likeness (QED) is 0.632. The Morgan fingerprint density at radius 3 is 2.17 bits per heavy atom. The van der Waals surface area contributed by atoms with Crippen molar-refractivity contribution in [2.24, 2.45) is 0 Å². The molecule has 0 saturated heterocycles. The van der Waals surface area contributed by atoms with Crippen LogP contribution < -0.4 is 16.1 Å². The third kappa shape index (κ3) is 5.20. The number of carbonyl (C=O) groups is 2. The molecule has 1 heterocycles. The Balaban J connectivity index is 1.83. The first-order valence-corrected chi connectivity index (χ1v) is 9.50. The molecule has 6 nitrogen and oxygen atoms in total. The van der Waals surface area contributed by atoms with E-state index in [1.165, 1.54) is 31.6 Å². The summed E-state index contributed by atoms with van der Waals surface area (Å²) in [7, 11) is 1.43. The Hall–Kier alpha value is -3.74. The highest BCUT2D eigenvalue weighted by molar-refractivity contribution is 5.99. The van der Waals surface area contributed by atoms with E-state index < -0.39 is 17.2 Å². The van der Waals surface area contributed by atoms with Crippen molar-refractivity contribution in [3.63, 3.8) is 0 Å². The predicted molar refractivity (Wildman–Crippen MR) is 112 cm³/mol. The molecule has 0 aliphatic carbocycles. The van der Waals surface area contributed by atoms with E-state index in [4.69, 9.17) is 0 Å². The van der Waals surface area contributed by atoms with E-state index in [0.29, 0.717) is 18.5 Å². The molecule has 0 aliphatic heterocycles. The van der Waals surface area contributed by atoms with Crippen LogP contribution in [0.3, 0.4) is 0 Å². The fourth-order valence-electron chi connectivity index (χ4n) is 3.00. The summed E-state index contributed by atoms with van der Waals surface area (Å²) in [6, 6.07) is 15.5. The smallest absolute Gasteiger partial charge is 0.257 e. The summed E-state index contributed by atoms with van der Waals surface area (Å²) in [5, 5.41) is 5.09. The summed E-state index contributed by atoms with van der Waals surface area (Å²) in [4.78, 5) is 37.5. The van der Waals surface area contributed by atoms with Crippen molar-refractivity contribution < 1.29 is 14.0 Å². The van der Waals surface area contributed by atoms with E-state index in [1.54, 1.807) is 16.7 Å². The number of benzene rings is 2. The van der Waals surface area contributed by atoms with Crippen molar-refractivity contribution in [2.45, 2.75) is 19.5 Å². The summed E-state index contributed by atoms with van der Waals surface area (Å²) in [6.07, 6.45) is 3.59. The molecule has 0 spiro atoms. The van der Waals surface area contributed by atoms with Crippen LogP contribution in [0.4, 0.5) is 4.39 Å². The van der Waals surface area contributed by atoms with Gasteiger partial charge in [0.25, 0.3) is 11.8 Å². The van der Waals surface area contributed by atoms with Crippen molar-refractivity contribution in [3.05, 3.63) is 105 Å². The highest BCUT2D eigenvalue weighted by Crippen LogP contribution is 2.06. The monoisotopic (exact) mass is 407 g/mol. The maximum Gasteiger partial charge on any atom is 0.257 e. The maximum atomic E-state index is 13.0. The molecule has 0 bridgehead atoms. The normalized spacial score (nSPS) is 10.5. The van der Waals surface area contributed by atoms with Gasteiger partial charge in [-0.25, -0.2) is 4.39 Å². The van der Waals surface area contributed by atoms with Gasteiger partial charge >= 0.3 is 0 Å². The SMILES string of the molecule is CNC(=O)c1cn(CCc2ccccc2)cc(C(=O)NCc2ccc(F)cc2)c1=O. The molecule has 0 fully saturated rings. The largest absolute Gasteiger partial charge is 0.355 e. The molecule has 3 rings (SSSR count). The van der Waals surface area contributed by atoms with Gasteiger partial charge in [0.15, 0.2) is 0 Å². The number of aryl methyl sites for hydroxylation is 2. The van der Waals surface area contributed by atoms with Gasteiger partial charge in [0.1, 0.15) is 16.9 Å². The first-order valence-electron chi connectivity index (χ1n) is 9.50. The van der Waals surface area contributed by atoms with Gasteiger partial charge < -0.3 is 15.2 Å². The highest BCUT2D eigenvalue weighted by atomic mass is 19.1. The summed E-state index contributed by atoms with van der Waals surface area (Å²) < 4.78 is 14.7. The summed E-state index contributed by atoms with van der Waals surface area (Å²) >= 11 is 0. The number of nitrogens with zero attached hydrogens (tertiary/aromatic N) is 1. The number of aromatic nitrogens is 1. The molecule has 30 heavy (non-hydrogen) atoms. The second kappa shape index (κ2) is 9.65. The Labute approximate surface area is 173 Å². The minimum atomic E-state index is -0.637. The Bertz CT molecular complexity index is 1090. The maximum absolute atomic E-state index is 13.0. The molecular weight excluding hydrogens is 385 g/mol. The topological polar surface area (TPSA) is 80.2 Å². The Morgan fingerprint density at radius 1 is 0.900 bits per heavy atom. The zero-order valence-corrected chi connectivity index (χ0v) is 16.5. The second-order valence-electron chi connectivity index (χ2n) is 6.78. The average molecular weight is 407 g/mol. The molecule has 7 heteroatoms. The van der Waals surface area contributed by atoms with E-state index in [9.17, 15) is 18.8 Å². The molecule has 0 unspecified atom stereocenters. The zero-order valence-electron chi connectivity index (χ0n) is 16.5. The number of pyridine rings is 1. The van der Waals surface area contributed by atoms with Crippen LogP contribution >= 0.6 is 0 Å². The van der Waals surface area contributed by atoms with Gasteiger partial charge in [-0.3, -0.25) is 14.4 Å². The molecule has 2 N–H and O–H groups in total. The van der Waals surface area contributed by atoms with Crippen LogP contribution in [0.15, 0.2) is 71.8 Å². The Kier molecular flexibility index (Phi) is 6.75. The standard InChI is InChI=1S/C23H22FN3O3/c1-25-22(29)19-14-27(12-11-16-5-3-2-4-6-16)15-20(21(19)28)23(30)26-13-17-7-9-18(24)10-8-17/h2-10,14-15H,11-13H2,1H3,(H,25,29)(H,26,30). The molecular formula is C23H22FN3O3.